The number of nitrogen functional groups attached to an aromatic ring is 2. The lowest BCUT2D eigenvalue weighted by Gasteiger charge is -2.27. The number of carbonyl (C=O) groups is 3. The van der Waals surface area contributed by atoms with Gasteiger partial charge in [-0.15, -0.1) is 0 Å². The van der Waals surface area contributed by atoms with E-state index in [1.54, 1.807) is 12.1 Å². The number of alkyl halides is 7. The van der Waals surface area contributed by atoms with Crippen LogP contribution in [0, 0.1) is 0 Å². The normalized spacial score (nSPS) is 12.5. The minimum atomic E-state index is -6.51. The molecule has 0 heterocycles. The topological polar surface area (TPSA) is 142 Å². The van der Waals surface area contributed by atoms with Crippen molar-refractivity contribution in [2.75, 3.05) is 11.5 Å². The molecule has 44 heavy (non-hydrogen) atoms. The zero-order valence-electron chi connectivity index (χ0n) is 22.3. The highest BCUT2D eigenvalue weighted by Gasteiger charge is 2.72. The molecular formula is C29H23F7N2O6. The van der Waals surface area contributed by atoms with E-state index in [4.69, 9.17) is 16.2 Å². The number of esters is 2. The molecule has 0 radical (unpaired) electrons. The van der Waals surface area contributed by atoms with Crippen LogP contribution in [0.1, 0.15) is 34.3 Å². The fourth-order valence-corrected chi connectivity index (χ4v) is 3.63. The van der Waals surface area contributed by atoms with Crippen molar-refractivity contribution >= 4 is 35.4 Å². The summed E-state index contributed by atoms with van der Waals surface area (Å²) in [6.45, 7) is 0. The first-order valence-electron chi connectivity index (χ1n) is 12.4. The van der Waals surface area contributed by atoms with E-state index in [1.165, 1.54) is 36.4 Å². The van der Waals surface area contributed by atoms with Crippen LogP contribution in [0.5, 0.6) is 11.5 Å². The minimum Gasteiger partial charge on any atom is -0.478 e. The van der Waals surface area contributed by atoms with Gasteiger partial charge in [0.2, 0.25) is 0 Å². The van der Waals surface area contributed by atoms with Crippen molar-refractivity contribution in [2.24, 2.45) is 0 Å². The molecule has 0 aliphatic carbocycles. The van der Waals surface area contributed by atoms with Gasteiger partial charge >= 0.3 is 35.9 Å². The Morgan fingerprint density at radius 2 is 1.36 bits per heavy atom. The first-order chi connectivity index (χ1) is 20.4. The Labute approximate surface area is 244 Å². The second kappa shape index (κ2) is 13.1. The molecular weight excluding hydrogens is 605 g/mol. The number of nitrogens with two attached hydrogens (primary N) is 2. The molecule has 0 atom stereocenters. The molecule has 3 aromatic carbocycles. The summed E-state index contributed by atoms with van der Waals surface area (Å²) in [4.78, 5) is 35.9. The fourth-order valence-electron chi connectivity index (χ4n) is 3.63. The van der Waals surface area contributed by atoms with Crippen LogP contribution in [0.4, 0.5) is 42.1 Å². The maximum atomic E-state index is 13.4. The summed E-state index contributed by atoms with van der Waals surface area (Å²) in [5.74, 6) is -15.7. The Morgan fingerprint density at radius 1 is 0.795 bits per heavy atom. The summed E-state index contributed by atoms with van der Waals surface area (Å²) in [7, 11) is 0. The molecule has 3 rings (SSSR count). The number of carboxylic acid groups (broad SMARTS) is 1. The first kappa shape index (κ1) is 33.4. The zero-order chi connectivity index (χ0) is 32.9. The minimum absolute atomic E-state index is 0.0178. The van der Waals surface area contributed by atoms with E-state index in [-0.39, 0.29) is 29.1 Å². The molecule has 0 unspecified atom stereocenters. The third-order valence-electron chi connectivity index (χ3n) is 6.04. The predicted molar refractivity (Wildman–Crippen MR) is 143 cm³/mol. The number of hydrogen-bond donors (Lipinski definition) is 3. The highest BCUT2D eigenvalue weighted by molar-refractivity contribution is 5.93. The van der Waals surface area contributed by atoms with Crippen LogP contribution in [0.3, 0.4) is 0 Å². The number of hydrogen-bond acceptors (Lipinski definition) is 7. The Morgan fingerprint density at radius 3 is 1.91 bits per heavy atom. The molecule has 0 aromatic heterocycles. The number of carbonyl (C=O) groups excluding carboxylic acids is 2. The highest BCUT2D eigenvalue weighted by atomic mass is 19.4. The molecule has 0 aliphatic heterocycles. The van der Waals surface area contributed by atoms with Gasteiger partial charge in [0.05, 0.1) is 12.0 Å². The number of aliphatic carboxylic acids is 1. The highest BCUT2D eigenvalue weighted by Crippen LogP contribution is 2.48. The number of anilines is 2. The molecule has 0 aliphatic rings. The lowest BCUT2D eigenvalue weighted by Crippen LogP contribution is -2.52. The lowest BCUT2D eigenvalue weighted by molar-refractivity contribution is -0.355. The quantitative estimate of drug-likeness (QED) is 0.0739. The molecule has 0 amide bonds. The van der Waals surface area contributed by atoms with Crippen LogP contribution in [0.25, 0.3) is 6.08 Å². The third-order valence-corrected chi connectivity index (χ3v) is 6.04. The van der Waals surface area contributed by atoms with Crippen molar-refractivity contribution in [3.05, 3.63) is 89.0 Å². The van der Waals surface area contributed by atoms with Gasteiger partial charge in [0.15, 0.2) is 0 Å². The average molecular weight is 628 g/mol. The number of ether oxygens (including phenoxy) is 2. The van der Waals surface area contributed by atoms with Gasteiger partial charge in [0, 0.05) is 29.8 Å². The number of rotatable bonds is 11. The van der Waals surface area contributed by atoms with E-state index in [2.05, 4.69) is 4.74 Å². The van der Waals surface area contributed by atoms with E-state index < -0.39 is 48.8 Å². The van der Waals surface area contributed by atoms with E-state index >= 15 is 0 Å². The average Bonchev–Trinajstić information content (AvgIpc) is 2.93. The van der Waals surface area contributed by atoms with Gasteiger partial charge in [-0.2, -0.15) is 30.7 Å². The maximum absolute atomic E-state index is 13.4. The molecule has 15 heteroatoms. The van der Waals surface area contributed by atoms with Crippen LogP contribution >= 0.6 is 0 Å². The molecule has 0 saturated carbocycles. The third kappa shape index (κ3) is 8.26. The lowest BCUT2D eigenvalue weighted by atomic mass is 10.0. The Bertz CT molecular complexity index is 1550. The Hall–Kier alpha value is -5.08. The maximum Gasteiger partial charge on any atom is 0.459 e. The van der Waals surface area contributed by atoms with Crippen LogP contribution in [0.2, 0.25) is 0 Å². The predicted octanol–water partition coefficient (Wildman–Crippen LogP) is 6.30. The second-order valence-corrected chi connectivity index (χ2v) is 9.34. The van der Waals surface area contributed by atoms with Gasteiger partial charge in [0.25, 0.3) is 0 Å². The summed E-state index contributed by atoms with van der Waals surface area (Å²) < 4.78 is 99.2. The zero-order valence-corrected chi connectivity index (χ0v) is 22.3. The molecule has 234 valence electrons. The van der Waals surface area contributed by atoms with Crippen LogP contribution in [-0.2, 0) is 16.0 Å². The van der Waals surface area contributed by atoms with Crippen LogP contribution < -0.4 is 20.9 Å². The van der Waals surface area contributed by atoms with Gasteiger partial charge in [-0.05, 0) is 65.7 Å². The number of benzene rings is 3. The van der Waals surface area contributed by atoms with Crippen molar-refractivity contribution in [1.29, 1.82) is 0 Å². The summed E-state index contributed by atoms with van der Waals surface area (Å²) in [6, 6.07) is 14.8. The molecule has 3 aromatic rings. The first-order valence-corrected chi connectivity index (χ1v) is 12.4. The largest absolute Gasteiger partial charge is 0.478 e. The number of carboxylic acids is 1. The number of halogens is 7. The molecule has 0 fully saturated rings. The van der Waals surface area contributed by atoms with Gasteiger partial charge in [-0.3, -0.25) is 4.79 Å². The monoisotopic (exact) mass is 628 g/mol. The van der Waals surface area contributed by atoms with Crippen molar-refractivity contribution in [3.63, 3.8) is 0 Å². The van der Waals surface area contributed by atoms with Gasteiger partial charge < -0.3 is 26.0 Å². The summed E-state index contributed by atoms with van der Waals surface area (Å²) >= 11 is 0. The van der Waals surface area contributed by atoms with Crippen molar-refractivity contribution in [3.8, 4) is 11.5 Å². The van der Waals surface area contributed by atoms with Gasteiger partial charge in [-0.1, -0.05) is 18.2 Å². The summed E-state index contributed by atoms with van der Waals surface area (Å²) in [5.41, 5.74) is 13.3. The standard InChI is InChI=1S/C29H23F7N2O6/c30-27(31,28(32,33)29(34,35)36)12-11-24(39)43-21-9-4-17(5-10-21)26(42)44-22-7-1-16(2-8-22)13-19(25(40)41)14-18-3-6-20(37)15-23(18)38/h1-10,13,15H,11-12,14,37-38H2,(H,40,41)/b19-13+. The van der Waals surface area contributed by atoms with Crippen LogP contribution in [0.15, 0.2) is 72.3 Å². The fraction of sp³-hybridized carbons (Fsp3) is 0.207. The van der Waals surface area contributed by atoms with Gasteiger partial charge in [0.1, 0.15) is 11.5 Å². The summed E-state index contributed by atoms with van der Waals surface area (Å²) in [5, 5.41) is 9.60. The van der Waals surface area contributed by atoms with E-state index in [0.29, 0.717) is 22.5 Å². The van der Waals surface area contributed by atoms with Crippen molar-refractivity contribution < 1.29 is 59.7 Å². The molecule has 0 saturated heterocycles. The second-order valence-electron chi connectivity index (χ2n) is 9.34. The van der Waals surface area contributed by atoms with Gasteiger partial charge in [-0.25, -0.2) is 9.59 Å². The van der Waals surface area contributed by atoms with E-state index in [1.807, 2.05) is 0 Å². The van der Waals surface area contributed by atoms with E-state index in [9.17, 15) is 50.2 Å². The Balaban J connectivity index is 1.58. The van der Waals surface area contributed by atoms with E-state index in [0.717, 1.165) is 24.3 Å². The molecule has 8 nitrogen and oxygen atoms in total. The smallest absolute Gasteiger partial charge is 0.459 e. The Kier molecular flexibility index (Phi) is 9.92. The van der Waals surface area contributed by atoms with Crippen molar-refractivity contribution in [1.82, 2.24) is 0 Å². The molecule has 0 spiro atoms. The molecule has 0 bridgehead atoms. The summed E-state index contributed by atoms with van der Waals surface area (Å²) in [6.07, 6.45) is -8.65. The van der Waals surface area contributed by atoms with Crippen LogP contribution in [-0.4, -0.2) is 41.0 Å². The molecule has 5 N–H and O–H groups in total. The van der Waals surface area contributed by atoms with Crippen molar-refractivity contribution in [2.45, 2.75) is 37.3 Å². The SMILES string of the molecule is Nc1ccc(C/C(=C\c2ccc(OC(=O)c3ccc(OC(=O)CCC(F)(F)C(F)(F)C(F)(F)F)cc3)cc2)C(=O)O)c(N)c1.